The molecule has 2 heteroatoms. The van der Waals surface area contributed by atoms with Crippen LogP contribution in [0.25, 0.3) is 0 Å². The summed E-state index contributed by atoms with van der Waals surface area (Å²) in [4.78, 5) is 2.67. The first kappa shape index (κ1) is 12.0. The molecule has 0 aromatic heterocycles. The molecule has 0 bridgehead atoms. The third-order valence-electron chi connectivity index (χ3n) is 3.67. The van der Waals surface area contributed by atoms with Crippen molar-refractivity contribution in [2.75, 3.05) is 27.3 Å². The number of likely N-dealkylation sites (N-methyl/N-ethyl adjacent to an activating group) is 1. The molecule has 0 aliphatic carbocycles. The van der Waals surface area contributed by atoms with Gasteiger partial charge in [0.2, 0.25) is 0 Å². The number of hydrogen-bond acceptors (Lipinski definition) is 1. The number of nitrogens with zero attached hydrogens (tertiary/aromatic N) is 2. The maximum Gasteiger partial charge on any atom is 0.135 e. The quantitative estimate of drug-likeness (QED) is 0.617. The Bertz CT molecular complexity index is 216. The third kappa shape index (κ3) is 2.12. The maximum atomic E-state index is 2.67. The fourth-order valence-corrected chi connectivity index (χ4v) is 2.96. The standard InChI is InChI=1S/C12H27N2/c1-8-11(2,3)13-10-14(6,7)9-12(13,4)5/h8-10H2,1-7H3/q+1. The van der Waals surface area contributed by atoms with Gasteiger partial charge in [-0.3, -0.25) is 0 Å². The second kappa shape index (κ2) is 3.21. The molecule has 84 valence electrons. The second-order valence-electron chi connectivity index (χ2n) is 6.64. The van der Waals surface area contributed by atoms with Crippen LogP contribution in [0.3, 0.4) is 0 Å². The average Bonchev–Trinajstić information content (AvgIpc) is 2.19. The summed E-state index contributed by atoms with van der Waals surface area (Å²) in [6.45, 7) is 14.2. The highest BCUT2D eigenvalue weighted by molar-refractivity contribution is 4.93. The normalized spacial score (nSPS) is 26.8. The predicted octanol–water partition coefficient (Wildman–Crippen LogP) is 2.30. The van der Waals surface area contributed by atoms with Crippen LogP contribution in [0.15, 0.2) is 0 Å². The Morgan fingerprint density at radius 3 is 2.07 bits per heavy atom. The van der Waals surface area contributed by atoms with Gasteiger partial charge in [-0.15, -0.1) is 0 Å². The van der Waals surface area contributed by atoms with E-state index in [1.165, 1.54) is 19.6 Å². The molecule has 0 saturated carbocycles. The summed E-state index contributed by atoms with van der Waals surface area (Å²) in [5.74, 6) is 0. The lowest BCUT2D eigenvalue weighted by molar-refractivity contribution is -0.884. The van der Waals surface area contributed by atoms with E-state index in [1.54, 1.807) is 0 Å². The van der Waals surface area contributed by atoms with Crippen molar-refractivity contribution in [1.82, 2.24) is 4.90 Å². The third-order valence-corrected chi connectivity index (χ3v) is 3.67. The molecule has 1 heterocycles. The molecular formula is C12H27N2+. The first-order chi connectivity index (χ1) is 6.11. The lowest BCUT2D eigenvalue weighted by Gasteiger charge is -2.40. The molecule has 2 nitrogen and oxygen atoms in total. The van der Waals surface area contributed by atoms with E-state index in [4.69, 9.17) is 0 Å². The minimum atomic E-state index is 0.329. The van der Waals surface area contributed by atoms with Gasteiger partial charge >= 0.3 is 0 Å². The van der Waals surface area contributed by atoms with Gasteiger partial charge in [0.05, 0.1) is 26.2 Å². The van der Waals surface area contributed by atoms with E-state index in [2.05, 4.69) is 53.6 Å². The summed E-state index contributed by atoms with van der Waals surface area (Å²) >= 11 is 0. The zero-order chi connectivity index (χ0) is 11.2. The van der Waals surface area contributed by atoms with Gasteiger partial charge in [0.25, 0.3) is 0 Å². The van der Waals surface area contributed by atoms with Gasteiger partial charge in [0, 0.05) is 5.54 Å². The molecule has 0 unspecified atom stereocenters. The zero-order valence-electron chi connectivity index (χ0n) is 11.0. The minimum absolute atomic E-state index is 0.329. The fraction of sp³-hybridized carbons (Fsp3) is 1.00. The van der Waals surface area contributed by atoms with Gasteiger partial charge in [-0.1, -0.05) is 6.92 Å². The molecule has 0 atom stereocenters. The van der Waals surface area contributed by atoms with Gasteiger partial charge < -0.3 is 4.48 Å². The molecule has 1 saturated heterocycles. The van der Waals surface area contributed by atoms with Gasteiger partial charge in [0.1, 0.15) is 6.67 Å². The SMILES string of the molecule is CCC(C)(C)N1C[N+](C)(C)CC1(C)C. The van der Waals surface area contributed by atoms with Crippen LogP contribution in [0.2, 0.25) is 0 Å². The highest BCUT2D eigenvalue weighted by Crippen LogP contribution is 2.35. The summed E-state index contributed by atoms with van der Waals surface area (Å²) in [6, 6.07) is 0. The molecule has 1 aliphatic rings. The molecule has 0 N–H and O–H groups in total. The van der Waals surface area contributed by atoms with Crippen molar-refractivity contribution < 1.29 is 4.48 Å². The molecule has 0 radical (unpaired) electrons. The van der Waals surface area contributed by atoms with Crippen LogP contribution < -0.4 is 0 Å². The first-order valence-electron chi connectivity index (χ1n) is 5.70. The van der Waals surface area contributed by atoms with E-state index >= 15 is 0 Å². The van der Waals surface area contributed by atoms with Crippen LogP contribution in [0.1, 0.15) is 41.0 Å². The molecule has 14 heavy (non-hydrogen) atoms. The van der Waals surface area contributed by atoms with Crippen LogP contribution >= 0.6 is 0 Å². The van der Waals surface area contributed by atoms with E-state index in [9.17, 15) is 0 Å². The number of rotatable bonds is 2. The van der Waals surface area contributed by atoms with Crippen molar-refractivity contribution in [2.24, 2.45) is 0 Å². The summed E-state index contributed by atoms with van der Waals surface area (Å²) in [6.07, 6.45) is 1.22. The van der Waals surface area contributed by atoms with Crippen molar-refractivity contribution in [3.63, 3.8) is 0 Å². The van der Waals surface area contributed by atoms with Crippen molar-refractivity contribution in [2.45, 2.75) is 52.1 Å². The van der Waals surface area contributed by atoms with Crippen LogP contribution in [0, 0.1) is 0 Å². The zero-order valence-corrected chi connectivity index (χ0v) is 11.0. The fourth-order valence-electron chi connectivity index (χ4n) is 2.96. The summed E-state index contributed by atoms with van der Waals surface area (Å²) < 4.78 is 1.12. The Hall–Kier alpha value is -0.0800. The van der Waals surface area contributed by atoms with Crippen LogP contribution in [0.4, 0.5) is 0 Å². The Labute approximate surface area is 89.5 Å². The Kier molecular flexibility index (Phi) is 2.75. The van der Waals surface area contributed by atoms with Gasteiger partial charge in [-0.2, -0.15) is 0 Å². The highest BCUT2D eigenvalue weighted by atomic mass is 15.5. The van der Waals surface area contributed by atoms with Crippen molar-refractivity contribution in [1.29, 1.82) is 0 Å². The Morgan fingerprint density at radius 2 is 1.79 bits per heavy atom. The van der Waals surface area contributed by atoms with Crippen LogP contribution in [-0.2, 0) is 0 Å². The monoisotopic (exact) mass is 199 g/mol. The van der Waals surface area contributed by atoms with Crippen molar-refractivity contribution in [3.05, 3.63) is 0 Å². The lowest BCUT2D eigenvalue weighted by atomic mass is 9.93. The predicted molar refractivity (Wildman–Crippen MR) is 62.1 cm³/mol. The topological polar surface area (TPSA) is 3.24 Å². The first-order valence-corrected chi connectivity index (χ1v) is 5.70. The molecular weight excluding hydrogens is 172 g/mol. The number of quaternary nitrogens is 1. The Balaban J connectivity index is 2.91. The van der Waals surface area contributed by atoms with Crippen molar-refractivity contribution >= 4 is 0 Å². The molecule has 1 fully saturated rings. The maximum absolute atomic E-state index is 2.67. The van der Waals surface area contributed by atoms with Gasteiger partial charge in [-0.25, -0.2) is 4.90 Å². The molecule has 0 aromatic rings. The van der Waals surface area contributed by atoms with Crippen LogP contribution in [0.5, 0.6) is 0 Å². The van der Waals surface area contributed by atoms with E-state index in [1.807, 2.05) is 0 Å². The minimum Gasteiger partial charge on any atom is -0.314 e. The van der Waals surface area contributed by atoms with E-state index in [0.717, 1.165) is 4.48 Å². The molecule has 1 aliphatic heterocycles. The summed E-state index contributed by atoms with van der Waals surface area (Å²) in [5, 5.41) is 0. The van der Waals surface area contributed by atoms with Gasteiger partial charge in [0.15, 0.2) is 0 Å². The summed E-state index contributed by atoms with van der Waals surface area (Å²) in [7, 11) is 4.65. The second-order valence-corrected chi connectivity index (χ2v) is 6.64. The van der Waals surface area contributed by atoms with Gasteiger partial charge in [-0.05, 0) is 34.1 Å². The smallest absolute Gasteiger partial charge is 0.135 e. The van der Waals surface area contributed by atoms with E-state index in [0.29, 0.717) is 11.1 Å². The molecule has 0 aromatic carbocycles. The molecule has 0 amide bonds. The van der Waals surface area contributed by atoms with E-state index < -0.39 is 0 Å². The molecule has 1 rings (SSSR count). The average molecular weight is 199 g/mol. The van der Waals surface area contributed by atoms with Crippen molar-refractivity contribution in [3.8, 4) is 0 Å². The van der Waals surface area contributed by atoms with Crippen LogP contribution in [-0.4, -0.2) is 47.8 Å². The molecule has 0 spiro atoms. The highest BCUT2D eigenvalue weighted by Gasteiger charge is 2.49. The van der Waals surface area contributed by atoms with E-state index in [-0.39, 0.29) is 0 Å². The number of hydrogen-bond donors (Lipinski definition) is 0. The largest absolute Gasteiger partial charge is 0.314 e. The lowest BCUT2D eigenvalue weighted by Crippen LogP contribution is -2.52. The Morgan fingerprint density at radius 1 is 1.29 bits per heavy atom. The summed E-state index contributed by atoms with van der Waals surface area (Å²) in [5.41, 5.74) is 0.665.